The van der Waals surface area contributed by atoms with Crippen LogP contribution in [0.25, 0.3) is 20.9 Å². The molecule has 12 nitrogen and oxygen atoms in total. The van der Waals surface area contributed by atoms with Crippen LogP contribution >= 0.6 is 21.6 Å². The largest absolute Gasteiger partial charge is 0.393 e. The molecule has 0 aliphatic heterocycles. The Morgan fingerprint density at radius 2 is 1.19 bits per heavy atom. The highest BCUT2D eigenvalue weighted by Crippen LogP contribution is 2.21. The molecule has 2 aromatic rings. The van der Waals surface area contributed by atoms with Gasteiger partial charge in [0.25, 0.3) is 11.8 Å². The lowest BCUT2D eigenvalue weighted by Crippen LogP contribution is -2.26. The molecule has 0 radical (unpaired) electrons. The topological polar surface area (TPSA) is 174 Å². The molecule has 2 amide bonds. The van der Waals surface area contributed by atoms with Crippen LogP contribution in [-0.2, 0) is 0 Å². The highest BCUT2D eigenvalue weighted by atomic mass is 33.1. The SMILES string of the molecule is [N-]=[N+]=NOc1ccccc1C(=O)NCCSSCCNC(=O)c1ccccc1ON=[N+]=[N-]. The molecule has 14 heteroatoms. The molecule has 0 aliphatic carbocycles. The smallest absolute Gasteiger partial charge is 0.255 e. The van der Waals surface area contributed by atoms with Gasteiger partial charge in [0.15, 0.2) is 0 Å². The number of azide groups is 2. The van der Waals surface area contributed by atoms with Crippen LogP contribution in [0.3, 0.4) is 0 Å². The van der Waals surface area contributed by atoms with Crippen LogP contribution in [0.5, 0.6) is 11.5 Å². The lowest BCUT2D eigenvalue weighted by molar-refractivity contribution is 0.0943. The zero-order chi connectivity index (χ0) is 23.0. The lowest BCUT2D eigenvalue weighted by Gasteiger charge is -2.09. The molecule has 166 valence electrons. The highest BCUT2D eigenvalue weighted by molar-refractivity contribution is 8.76. The van der Waals surface area contributed by atoms with Gasteiger partial charge in [-0.2, -0.15) is 0 Å². The molecule has 2 rings (SSSR count). The minimum absolute atomic E-state index is 0.173. The molecule has 0 saturated carbocycles. The Morgan fingerprint density at radius 1 is 0.781 bits per heavy atom. The van der Waals surface area contributed by atoms with E-state index in [-0.39, 0.29) is 34.4 Å². The second kappa shape index (κ2) is 14.3. The summed E-state index contributed by atoms with van der Waals surface area (Å²) in [4.78, 5) is 39.1. The molecule has 0 saturated heterocycles. The van der Waals surface area contributed by atoms with Gasteiger partial charge in [-0.1, -0.05) is 45.9 Å². The number of para-hydroxylation sites is 2. The Balaban J connectivity index is 1.64. The lowest BCUT2D eigenvalue weighted by atomic mass is 10.2. The van der Waals surface area contributed by atoms with E-state index in [1.54, 1.807) is 58.0 Å². The molecule has 0 spiro atoms. The number of carbonyl (C=O) groups is 2. The summed E-state index contributed by atoms with van der Waals surface area (Å²) in [5.74, 6) is 0.958. The van der Waals surface area contributed by atoms with E-state index in [0.29, 0.717) is 24.6 Å². The molecule has 0 fully saturated rings. The average Bonchev–Trinajstić information content (AvgIpc) is 2.83. The Morgan fingerprint density at radius 3 is 1.59 bits per heavy atom. The minimum Gasteiger partial charge on any atom is -0.393 e. The van der Waals surface area contributed by atoms with Crippen molar-refractivity contribution in [1.29, 1.82) is 0 Å². The van der Waals surface area contributed by atoms with Gasteiger partial charge in [0.1, 0.15) is 22.1 Å². The second-order valence-electron chi connectivity index (χ2n) is 5.67. The van der Waals surface area contributed by atoms with Gasteiger partial charge in [-0.05, 0) is 35.3 Å². The molecule has 0 heterocycles. The third-order valence-electron chi connectivity index (χ3n) is 3.64. The van der Waals surface area contributed by atoms with Crippen molar-refractivity contribution in [2.75, 3.05) is 24.6 Å². The Labute approximate surface area is 190 Å². The number of nitrogens with zero attached hydrogens (tertiary/aromatic N) is 6. The summed E-state index contributed by atoms with van der Waals surface area (Å²) >= 11 is 0. The molecule has 32 heavy (non-hydrogen) atoms. The predicted octanol–water partition coefficient (Wildman–Crippen LogP) is 4.44. The zero-order valence-electron chi connectivity index (χ0n) is 16.6. The van der Waals surface area contributed by atoms with Gasteiger partial charge < -0.3 is 20.3 Å². The standard InChI is InChI=1S/C18H18N8O4S2/c19-23-25-29-15-7-3-1-5-13(15)17(27)21-9-11-31-32-12-10-22-18(28)14-6-2-4-8-16(14)30-26-24-20/h1-8H,9-12H2,(H,21,27)(H,22,28). The summed E-state index contributed by atoms with van der Waals surface area (Å²) in [5.41, 5.74) is 17.2. The van der Waals surface area contributed by atoms with E-state index < -0.39 is 0 Å². The maximum absolute atomic E-state index is 12.2. The van der Waals surface area contributed by atoms with Gasteiger partial charge in [0.2, 0.25) is 0 Å². The number of rotatable bonds is 13. The first kappa shape index (κ1) is 24.6. The molecule has 0 bridgehead atoms. The van der Waals surface area contributed by atoms with Crippen LogP contribution in [0.15, 0.2) is 59.1 Å². The van der Waals surface area contributed by atoms with Crippen LogP contribution < -0.4 is 20.3 Å². The quantitative estimate of drug-likeness (QED) is 0.108. The summed E-state index contributed by atoms with van der Waals surface area (Å²) in [6, 6.07) is 12.9. The van der Waals surface area contributed by atoms with E-state index in [9.17, 15) is 9.59 Å². The van der Waals surface area contributed by atoms with Crippen molar-refractivity contribution in [2.24, 2.45) is 10.6 Å². The summed E-state index contributed by atoms with van der Waals surface area (Å²) < 4.78 is 0. The first-order chi connectivity index (χ1) is 15.7. The van der Waals surface area contributed by atoms with Crippen molar-refractivity contribution < 1.29 is 19.3 Å². The van der Waals surface area contributed by atoms with Crippen LogP contribution in [-0.4, -0.2) is 36.4 Å². The summed E-state index contributed by atoms with van der Waals surface area (Å²) in [6.45, 7) is 0.839. The molecule has 0 atom stereocenters. The monoisotopic (exact) mass is 474 g/mol. The zero-order valence-corrected chi connectivity index (χ0v) is 18.2. The van der Waals surface area contributed by atoms with Crippen molar-refractivity contribution in [3.05, 3.63) is 80.5 Å². The fraction of sp³-hybridized carbons (Fsp3) is 0.222. The molecule has 0 aromatic heterocycles. The van der Waals surface area contributed by atoms with Crippen LogP contribution in [0, 0.1) is 0 Å². The van der Waals surface area contributed by atoms with Gasteiger partial charge in [-0.15, -0.1) is 0 Å². The number of hydrogen-bond acceptors (Lipinski definition) is 8. The van der Waals surface area contributed by atoms with Crippen LogP contribution in [0.2, 0.25) is 0 Å². The number of amides is 2. The predicted molar refractivity (Wildman–Crippen MR) is 122 cm³/mol. The molecule has 0 aliphatic rings. The summed E-state index contributed by atoms with van der Waals surface area (Å²) in [7, 11) is 3.09. The number of nitrogens with one attached hydrogen (secondary N) is 2. The summed E-state index contributed by atoms with van der Waals surface area (Å²) in [6.07, 6.45) is 0. The Hall–Kier alpha value is -3.70. The fourth-order valence-electron chi connectivity index (χ4n) is 2.31. The van der Waals surface area contributed by atoms with Crippen LogP contribution in [0.4, 0.5) is 0 Å². The van der Waals surface area contributed by atoms with Crippen molar-refractivity contribution in [3.63, 3.8) is 0 Å². The molecule has 2 N–H and O–H groups in total. The van der Waals surface area contributed by atoms with Gasteiger partial charge in [-0.3, -0.25) is 9.59 Å². The first-order valence-electron chi connectivity index (χ1n) is 9.09. The Bertz CT molecular complexity index is 944. The average molecular weight is 475 g/mol. The maximum atomic E-state index is 12.2. The van der Waals surface area contributed by atoms with E-state index in [1.807, 2.05) is 0 Å². The van der Waals surface area contributed by atoms with Gasteiger partial charge >= 0.3 is 0 Å². The molecular weight excluding hydrogens is 456 g/mol. The van der Waals surface area contributed by atoms with Crippen LogP contribution in [0.1, 0.15) is 20.7 Å². The van der Waals surface area contributed by atoms with Gasteiger partial charge in [0.05, 0.1) is 11.1 Å². The Kier molecular flexibility index (Phi) is 11.0. The van der Waals surface area contributed by atoms with Crippen molar-refractivity contribution in [2.45, 2.75) is 0 Å². The maximum Gasteiger partial charge on any atom is 0.255 e. The van der Waals surface area contributed by atoms with Gasteiger partial charge in [0, 0.05) is 34.4 Å². The molecule has 2 aromatic carbocycles. The normalized spacial score (nSPS) is 9.62. The van der Waals surface area contributed by atoms with E-state index >= 15 is 0 Å². The fourth-order valence-corrected chi connectivity index (χ4v) is 4.13. The van der Waals surface area contributed by atoms with Crippen molar-refractivity contribution in [3.8, 4) is 11.5 Å². The van der Waals surface area contributed by atoms with Gasteiger partial charge in [-0.25, -0.2) is 0 Å². The van der Waals surface area contributed by atoms with E-state index in [4.69, 9.17) is 20.7 Å². The third-order valence-corrected chi connectivity index (χ3v) is 6.05. The molecule has 0 unspecified atom stereocenters. The van der Waals surface area contributed by atoms with E-state index in [2.05, 4.69) is 31.0 Å². The number of hydrogen-bond donors (Lipinski definition) is 2. The minimum atomic E-state index is -0.340. The second-order valence-corrected chi connectivity index (χ2v) is 8.37. The number of benzene rings is 2. The highest BCUT2D eigenvalue weighted by Gasteiger charge is 2.12. The van der Waals surface area contributed by atoms with Crippen molar-refractivity contribution >= 4 is 33.4 Å². The first-order valence-corrected chi connectivity index (χ1v) is 11.6. The molecular formula is C18H18N8O4S2. The van der Waals surface area contributed by atoms with E-state index in [0.717, 1.165) is 0 Å². The van der Waals surface area contributed by atoms with E-state index in [1.165, 1.54) is 12.1 Å². The third kappa shape index (κ3) is 8.20. The summed E-state index contributed by atoms with van der Waals surface area (Å²) in [5, 5.41) is 11.5. The van der Waals surface area contributed by atoms with Crippen molar-refractivity contribution in [1.82, 2.24) is 10.6 Å². The number of carbonyl (C=O) groups excluding carboxylic acids is 2.